The number of fused-ring (bicyclic) bond motifs is 1. The van der Waals surface area contributed by atoms with Crippen molar-refractivity contribution in [2.24, 2.45) is 0 Å². The van der Waals surface area contributed by atoms with Crippen LogP contribution >= 0.6 is 23.4 Å². The van der Waals surface area contributed by atoms with Crippen LogP contribution in [0.15, 0.2) is 56.8 Å². The van der Waals surface area contributed by atoms with Gasteiger partial charge in [0.1, 0.15) is 5.58 Å². The fourth-order valence-corrected chi connectivity index (χ4v) is 4.02. The lowest BCUT2D eigenvalue weighted by Crippen LogP contribution is -2.11. The highest BCUT2D eigenvalue weighted by Gasteiger charge is 2.15. The van der Waals surface area contributed by atoms with Crippen molar-refractivity contribution in [3.63, 3.8) is 0 Å². The van der Waals surface area contributed by atoms with E-state index >= 15 is 0 Å². The van der Waals surface area contributed by atoms with Gasteiger partial charge in [0.2, 0.25) is 5.16 Å². The van der Waals surface area contributed by atoms with Crippen LogP contribution < -0.4 is 11.5 Å². The average molecular weight is 413 g/mol. The lowest BCUT2D eigenvalue weighted by atomic mass is 10.0. The molecule has 0 saturated heterocycles. The highest BCUT2D eigenvalue weighted by molar-refractivity contribution is 7.98. The first-order valence-corrected chi connectivity index (χ1v) is 9.92. The average Bonchev–Trinajstić information content (AvgIpc) is 3.03. The van der Waals surface area contributed by atoms with E-state index in [0.717, 1.165) is 27.6 Å². The van der Waals surface area contributed by atoms with Gasteiger partial charge < -0.3 is 10.3 Å². The highest BCUT2D eigenvalue weighted by atomic mass is 35.5. The van der Waals surface area contributed by atoms with E-state index in [1.807, 2.05) is 38.1 Å². The predicted molar refractivity (Wildman–Crippen MR) is 112 cm³/mol. The molecule has 0 amide bonds. The number of aromatic nitrogens is 3. The van der Waals surface area contributed by atoms with E-state index in [0.29, 0.717) is 27.3 Å². The maximum absolute atomic E-state index is 12.0. The Morgan fingerprint density at radius 3 is 2.79 bits per heavy atom. The van der Waals surface area contributed by atoms with Gasteiger partial charge in [-0.15, -0.1) is 10.2 Å². The Morgan fingerprint density at radius 2 is 2.00 bits per heavy atom. The molecule has 0 aliphatic rings. The van der Waals surface area contributed by atoms with Crippen molar-refractivity contribution < 1.29 is 4.42 Å². The number of nitrogens with two attached hydrogens (primary N) is 1. The normalized spacial score (nSPS) is 11.2. The topological polar surface area (TPSA) is 86.9 Å². The number of rotatable bonds is 4. The lowest BCUT2D eigenvalue weighted by molar-refractivity contribution is 0.557. The van der Waals surface area contributed by atoms with E-state index in [-0.39, 0.29) is 5.63 Å². The minimum atomic E-state index is -0.370. The van der Waals surface area contributed by atoms with Crippen LogP contribution in [0, 0.1) is 13.8 Å². The zero-order chi connectivity index (χ0) is 19.8. The smallest absolute Gasteiger partial charge is 0.336 e. The van der Waals surface area contributed by atoms with E-state index in [2.05, 4.69) is 10.2 Å². The molecule has 8 heteroatoms. The number of halogens is 1. The molecule has 0 aliphatic heterocycles. The molecule has 0 saturated carbocycles. The first-order chi connectivity index (χ1) is 13.4. The van der Waals surface area contributed by atoms with Gasteiger partial charge in [0.15, 0.2) is 5.82 Å². The number of nitrogens with zero attached hydrogens (tertiary/aromatic N) is 3. The van der Waals surface area contributed by atoms with Crippen LogP contribution in [0.25, 0.3) is 22.4 Å². The van der Waals surface area contributed by atoms with E-state index in [9.17, 15) is 4.79 Å². The van der Waals surface area contributed by atoms with Crippen LogP contribution in [-0.4, -0.2) is 14.9 Å². The van der Waals surface area contributed by atoms with Gasteiger partial charge in [-0.1, -0.05) is 47.6 Å². The van der Waals surface area contributed by atoms with Crippen LogP contribution in [0.4, 0.5) is 0 Å². The summed E-state index contributed by atoms with van der Waals surface area (Å²) in [6.45, 7) is 3.94. The van der Waals surface area contributed by atoms with Gasteiger partial charge in [0.05, 0.1) is 0 Å². The van der Waals surface area contributed by atoms with Crippen molar-refractivity contribution in [3.05, 3.63) is 74.6 Å². The molecular weight excluding hydrogens is 396 g/mol. The van der Waals surface area contributed by atoms with Crippen LogP contribution in [-0.2, 0) is 5.75 Å². The molecule has 0 fully saturated rings. The molecule has 2 N–H and O–H groups in total. The number of aryl methyl sites for hydroxylation is 2. The fraction of sp³-hybridized carbons (Fsp3) is 0.150. The third-order valence-corrected chi connectivity index (χ3v) is 5.85. The number of hydrogen-bond donors (Lipinski definition) is 1. The Balaban J connectivity index is 1.66. The molecule has 0 radical (unpaired) electrons. The SMILES string of the molecule is Cc1ccc2c(CSc3nnc(-c4cccc(Cl)c4)n3N)cc(=O)oc2c1C. The Kier molecular flexibility index (Phi) is 4.87. The molecule has 0 bridgehead atoms. The highest BCUT2D eigenvalue weighted by Crippen LogP contribution is 2.29. The Morgan fingerprint density at radius 1 is 1.18 bits per heavy atom. The predicted octanol–water partition coefficient (Wildman–Crippen LogP) is 4.33. The molecule has 0 aliphatic carbocycles. The zero-order valence-electron chi connectivity index (χ0n) is 15.3. The van der Waals surface area contributed by atoms with E-state index in [1.54, 1.807) is 12.1 Å². The van der Waals surface area contributed by atoms with Gasteiger partial charge in [-0.2, -0.15) is 0 Å². The summed E-state index contributed by atoms with van der Waals surface area (Å²) < 4.78 is 6.86. The molecule has 2 aromatic heterocycles. The molecule has 4 rings (SSSR count). The third kappa shape index (κ3) is 3.39. The van der Waals surface area contributed by atoms with Crippen LogP contribution in [0.2, 0.25) is 5.02 Å². The second-order valence-electron chi connectivity index (χ2n) is 6.45. The summed E-state index contributed by atoms with van der Waals surface area (Å²) in [5, 5.41) is 10.4. The van der Waals surface area contributed by atoms with Crippen molar-refractivity contribution in [3.8, 4) is 11.4 Å². The number of nitrogen functional groups attached to an aromatic ring is 1. The summed E-state index contributed by atoms with van der Waals surface area (Å²) in [6, 6.07) is 12.8. The minimum Gasteiger partial charge on any atom is -0.422 e. The summed E-state index contributed by atoms with van der Waals surface area (Å²) in [5.41, 5.74) is 3.94. The largest absolute Gasteiger partial charge is 0.422 e. The Hall–Kier alpha value is -2.77. The first kappa shape index (κ1) is 18.6. The molecule has 2 aromatic carbocycles. The van der Waals surface area contributed by atoms with Gasteiger partial charge >= 0.3 is 5.63 Å². The summed E-state index contributed by atoms with van der Waals surface area (Å²) in [7, 11) is 0. The molecule has 0 unspecified atom stereocenters. The van der Waals surface area contributed by atoms with Crippen LogP contribution in [0.5, 0.6) is 0 Å². The van der Waals surface area contributed by atoms with Crippen molar-refractivity contribution in [1.82, 2.24) is 14.9 Å². The summed E-state index contributed by atoms with van der Waals surface area (Å²) >= 11 is 7.45. The number of thioether (sulfide) groups is 1. The number of hydrogen-bond acceptors (Lipinski definition) is 6. The van der Waals surface area contributed by atoms with Crippen molar-refractivity contribution >= 4 is 34.3 Å². The van der Waals surface area contributed by atoms with Gasteiger partial charge in [-0.25, -0.2) is 9.47 Å². The molecule has 28 heavy (non-hydrogen) atoms. The minimum absolute atomic E-state index is 0.370. The summed E-state index contributed by atoms with van der Waals surface area (Å²) in [5.74, 6) is 7.22. The van der Waals surface area contributed by atoms with Gasteiger partial charge in [0.25, 0.3) is 0 Å². The van der Waals surface area contributed by atoms with Crippen molar-refractivity contribution in [2.45, 2.75) is 24.8 Å². The molecule has 6 nitrogen and oxygen atoms in total. The van der Waals surface area contributed by atoms with Gasteiger partial charge in [0, 0.05) is 27.8 Å². The van der Waals surface area contributed by atoms with Crippen molar-refractivity contribution in [1.29, 1.82) is 0 Å². The summed E-state index contributed by atoms with van der Waals surface area (Å²) in [6.07, 6.45) is 0. The fourth-order valence-electron chi connectivity index (χ4n) is 2.99. The van der Waals surface area contributed by atoms with Gasteiger partial charge in [-0.3, -0.25) is 0 Å². The molecular formula is C20H17ClN4O2S. The van der Waals surface area contributed by atoms with E-state index < -0.39 is 0 Å². The van der Waals surface area contributed by atoms with E-state index in [1.165, 1.54) is 22.5 Å². The standard InChI is InChI=1S/C20H17ClN4O2S/c1-11-6-7-16-14(9-17(26)27-18(16)12(11)2)10-28-20-24-23-19(25(20)22)13-4-3-5-15(21)8-13/h3-9H,10,22H2,1-2H3. The molecule has 0 spiro atoms. The third-order valence-electron chi connectivity index (χ3n) is 4.62. The lowest BCUT2D eigenvalue weighted by Gasteiger charge is -2.09. The summed E-state index contributed by atoms with van der Waals surface area (Å²) in [4.78, 5) is 12.0. The second kappa shape index (κ2) is 7.33. The maximum Gasteiger partial charge on any atom is 0.336 e. The molecule has 2 heterocycles. The molecule has 0 atom stereocenters. The van der Waals surface area contributed by atoms with E-state index in [4.69, 9.17) is 21.9 Å². The molecule has 142 valence electrons. The monoisotopic (exact) mass is 412 g/mol. The van der Waals surface area contributed by atoms with Gasteiger partial charge in [-0.05, 0) is 42.7 Å². The van der Waals surface area contributed by atoms with Crippen LogP contribution in [0.1, 0.15) is 16.7 Å². The zero-order valence-corrected chi connectivity index (χ0v) is 16.8. The number of benzene rings is 2. The van der Waals surface area contributed by atoms with Crippen LogP contribution in [0.3, 0.4) is 0 Å². The quantitative estimate of drug-likeness (QED) is 0.305. The first-order valence-electron chi connectivity index (χ1n) is 8.56. The van der Waals surface area contributed by atoms with Crippen molar-refractivity contribution in [2.75, 3.05) is 5.84 Å². The Bertz CT molecular complexity index is 1250. The second-order valence-corrected chi connectivity index (χ2v) is 7.83. The molecule has 4 aromatic rings. The maximum atomic E-state index is 12.0. The Labute approximate surface area is 170 Å².